The Morgan fingerprint density at radius 3 is 2.28 bits per heavy atom. The quantitative estimate of drug-likeness (QED) is 0.331. The van der Waals surface area contributed by atoms with Crippen LogP contribution in [-0.4, -0.2) is 17.6 Å². The van der Waals surface area contributed by atoms with Crippen molar-refractivity contribution in [2.75, 3.05) is 17.2 Å². The Morgan fingerprint density at radius 2 is 1.59 bits per heavy atom. The Balaban J connectivity index is 1.59. The Hall–Kier alpha value is -3.57. The molecule has 0 saturated carbocycles. The molecule has 0 aliphatic rings. The van der Waals surface area contributed by atoms with E-state index in [0.29, 0.717) is 23.1 Å². The summed E-state index contributed by atoms with van der Waals surface area (Å²) in [5.41, 5.74) is 5.15. The topological polar surface area (TPSA) is 63.2 Å². The number of nitrogens with zero attached hydrogens (tertiary/aromatic N) is 1. The van der Waals surface area contributed by atoms with Gasteiger partial charge in [-0.1, -0.05) is 42.8 Å². The lowest BCUT2D eigenvalue weighted by Crippen LogP contribution is -2.19. The van der Waals surface area contributed by atoms with Gasteiger partial charge in [-0.2, -0.15) is 0 Å². The molecule has 1 aromatic heterocycles. The number of halogens is 1. The van der Waals surface area contributed by atoms with Crippen LogP contribution < -0.4 is 15.4 Å². The summed E-state index contributed by atoms with van der Waals surface area (Å²) < 4.78 is 5.89. The summed E-state index contributed by atoms with van der Waals surface area (Å²) in [6.07, 6.45) is 0.958. The van der Waals surface area contributed by atoms with E-state index in [1.165, 1.54) is 5.56 Å². The molecule has 0 aliphatic heterocycles. The predicted molar refractivity (Wildman–Crippen MR) is 132 cm³/mol. The van der Waals surface area contributed by atoms with E-state index in [9.17, 15) is 4.79 Å². The maximum absolute atomic E-state index is 12.5. The van der Waals surface area contributed by atoms with Gasteiger partial charge >= 0.3 is 6.03 Å². The van der Waals surface area contributed by atoms with E-state index in [1.807, 2.05) is 79.7 Å². The van der Waals surface area contributed by atoms with Crippen molar-refractivity contribution >= 4 is 39.9 Å². The number of hydrogen-bond acceptors (Lipinski definition) is 3. The second kappa shape index (κ2) is 9.71. The van der Waals surface area contributed by atoms with Gasteiger partial charge in [0.15, 0.2) is 0 Å². The Bertz CT molecular complexity index is 1240. The maximum Gasteiger partial charge on any atom is 0.323 e. The van der Waals surface area contributed by atoms with Crippen molar-refractivity contribution < 1.29 is 9.53 Å². The third-order valence-electron chi connectivity index (χ3n) is 5.09. The molecule has 0 fully saturated rings. The van der Waals surface area contributed by atoms with Gasteiger partial charge in [0.1, 0.15) is 5.75 Å². The smallest absolute Gasteiger partial charge is 0.323 e. The number of anilines is 2. The molecule has 2 amide bonds. The summed E-state index contributed by atoms with van der Waals surface area (Å²) in [5.74, 6) is 0.710. The third kappa shape index (κ3) is 5.01. The van der Waals surface area contributed by atoms with Gasteiger partial charge < -0.3 is 15.4 Å². The van der Waals surface area contributed by atoms with Crippen LogP contribution in [0.1, 0.15) is 19.4 Å². The maximum atomic E-state index is 12.5. The lowest BCUT2D eigenvalue weighted by Gasteiger charge is -2.13. The van der Waals surface area contributed by atoms with Crippen LogP contribution in [0.25, 0.3) is 22.2 Å². The molecule has 32 heavy (non-hydrogen) atoms. The second-order valence-corrected chi connectivity index (χ2v) is 7.74. The van der Waals surface area contributed by atoms with Crippen molar-refractivity contribution in [1.29, 1.82) is 0 Å². The number of carbonyl (C=O) groups excluding carboxylic acids is 1. The van der Waals surface area contributed by atoms with Gasteiger partial charge in [-0.15, -0.1) is 0 Å². The summed E-state index contributed by atoms with van der Waals surface area (Å²) in [6.45, 7) is 4.55. The lowest BCUT2D eigenvalue weighted by atomic mass is 10.1. The van der Waals surface area contributed by atoms with Gasteiger partial charge in [-0.25, -0.2) is 9.78 Å². The fourth-order valence-corrected chi connectivity index (χ4v) is 3.56. The Labute approximate surface area is 192 Å². The summed E-state index contributed by atoms with van der Waals surface area (Å²) in [7, 11) is 0. The van der Waals surface area contributed by atoms with Crippen LogP contribution in [0.5, 0.6) is 5.75 Å². The minimum absolute atomic E-state index is 0.308. The number of hydrogen-bond donors (Lipinski definition) is 2. The van der Waals surface area contributed by atoms with E-state index in [0.717, 1.165) is 34.3 Å². The van der Waals surface area contributed by atoms with E-state index >= 15 is 0 Å². The molecule has 162 valence electrons. The molecule has 1 heterocycles. The average Bonchev–Trinajstić information content (AvgIpc) is 2.80. The first-order valence-electron chi connectivity index (χ1n) is 10.6. The number of pyridine rings is 1. The Morgan fingerprint density at radius 1 is 0.906 bits per heavy atom. The van der Waals surface area contributed by atoms with Crippen LogP contribution in [0.15, 0.2) is 72.8 Å². The average molecular weight is 446 g/mol. The molecule has 0 spiro atoms. The van der Waals surface area contributed by atoms with Gasteiger partial charge in [-0.05, 0) is 61.4 Å². The molecule has 2 N–H and O–H groups in total. The number of fused-ring (bicyclic) bond motifs is 1. The highest BCUT2D eigenvalue weighted by Crippen LogP contribution is 2.32. The highest BCUT2D eigenvalue weighted by Gasteiger charge is 2.11. The zero-order valence-corrected chi connectivity index (χ0v) is 18.7. The highest BCUT2D eigenvalue weighted by atomic mass is 35.5. The van der Waals surface area contributed by atoms with E-state index in [4.69, 9.17) is 21.3 Å². The number of rotatable bonds is 6. The Kier molecular flexibility index (Phi) is 6.57. The molecule has 0 atom stereocenters. The number of benzene rings is 3. The molecule has 3 aromatic carbocycles. The van der Waals surface area contributed by atoms with E-state index in [2.05, 4.69) is 17.6 Å². The van der Waals surface area contributed by atoms with E-state index < -0.39 is 0 Å². The summed E-state index contributed by atoms with van der Waals surface area (Å²) >= 11 is 6.01. The van der Waals surface area contributed by atoms with Gasteiger partial charge in [0.25, 0.3) is 0 Å². The fourth-order valence-electron chi connectivity index (χ4n) is 3.43. The summed E-state index contributed by atoms with van der Waals surface area (Å²) in [4.78, 5) is 17.2. The second-order valence-electron chi connectivity index (χ2n) is 7.31. The molecule has 5 nitrogen and oxygen atoms in total. The molecular weight excluding hydrogens is 422 g/mol. The first kappa shape index (κ1) is 21.7. The molecule has 4 rings (SSSR count). The molecule has 4 aromatic rings. The number of aryl methyl sites for hydroxylation is 1. The monoisotopic (exact) mass is 445 g/mol. The molecule has 0 bridgehead atoms. The van der Waals surface area contributed by atoms with Crippen LogP contribution in [0.4, 0.5) is 16.2 Å². The molecular formula is C26H24ClN3O2. The first-order valence-corrected chi connectivity index (χ1v) is 10.9. The molecule has 6 heteroatoms. The predicted octanol–water partition coefficient (Wildman–Crippen LogP) is 7.16. The molecule has 0 unspecified atom stereocenters. The van der Waals surface area contributed by atoms with E-state index in [1.54, 1.807) is 0 Å². The van der Waals surface area contributed by atoms with Gasteiger partial charge in [0, 0.05) is 33.4 Å². The van der Waals surface area contributed by atoms with Crippen LogP contribution in [0.2, 0.25) is 5.02 Å². The van der Waals surface area contributed by atoms with Crippen molar-refractivity contribution in [3.8, 4) is 17.0 Å². The van der Waals surface area contributed by atoms with Gasteiger partial charge in [-0.3, -0.25) is 0 Å². The highest BCUT2D eigenvalue weighted by molar-refractivity contribution is 6.30. The van der Waals surface area contributed by atoms with Crippen LogP contribution >= 0.6 is 11.6 Å². The van der Waals surface area contributed by atoms with Crippen LogP contribution in [-0.2, 0) is 6.42 Å². The van der Waals surface area contributed by atoms with Crippen molar-refractivity contribution in [3.63, 3.8) is 0 Å². The largest absolute Gasteiger partial charge is 0.493 e. The standard InChI is InChI=1S/C26H24ClN3O2/c1-3-17-5-11-20(12-6-17)28-26(31)29-21-13-14-23-22(15-21)25(32-4-2)16-24(30-23)18-7-9-19(27)10-8-18/h5-16H,3-4H2,1-2H3,(H2,28,29,31). The molecule has 0 radical (unpaired) electrons. The lowest BCUT2D eigenvalue weighted by molar-refractivity contribution is 0.262. The van der Waals surface area contributed by atoms with Crippen molar-refractivity contribution in [3.05, 3.63) is 83.4 Å². The number of ether oxygens (including phenoxy) is 1. The molecule has 0 saturated heterocycles. The number of aromatic nitrogens is 1. The van der Waals surface area contributed by atoms with Crippen molar-refractivity contribution in [1.82, 2.24) is 4.98 Å². The van der Waals surface area contributed by atoms with Crippen molar-refractivity contribution in [2.24, 2.45) is 0 Å². The number of amides is 2. The van der Waals surface area contributed by atoms with Crippen LogP contribution in [0, 0.1) is 0 Å². The number of nitrogens with one attached hydrogen (secondary N) is 2. The fraction of sp³-hybridized carbons (Fsp3) is 0.154. The summed E-state index contributed by atoms with van der Waals surface area (Å²) in [5, 5.41) is 7.25. The minimum atomic E-state index is -0.308. The zero-order chi connectivity index (χ0) is 22.5. The van der Waals surface area contributed by atoms with Gasteiger partial charge in [0.2, 0.25) is 0 Å². The zero-order valence-electron chi connectivity index (χ0n) is 18.0. The minimum Gasteiger partial charge on any atom is -0.493 e. The SMILES string of the molecule is CCOc1cc(-c2ccc(Cl)cc2)nc2ccc(NC(=O)Nc3ccc(CC)cc3)cc12. The number of carbonyl (C=O) groups is 1. The van der Waals surface area contributed by atoms with Gasteiger partial charge in [0.05, 0.1) is 17.8 Å². The van der Waals surface area contributed by atoms with Crippen LogP contribution in [0.3, 0.4) is 0 Å². The number of urea groups is 1. The first-order chi connectivity index (χ1) is 15.6. The van der Waals surface area contributed by atoms with E-state index in [-0.39, 0.29) is 6.03 Å². The molecule has 0 aliphatic carbocycles. The third-order valence-corrected chi connectivity index (χ3v) is 5.34. The summed E-state index contributed by atoms with van der Waals surface area (Å²) in [6, 6.07) is 22.5. The normalized spacial score (nSPS) is 10.7. The van der Waals surface area contributed by atoms with Crippen molar-refractivity contribution in [2.45, 2.75) is 20.3 Å².